The van der Waals surface area contributed by atoms with Crippen molar-refractivity contribution in [2.75, 3.05) is 6.61 Å². The molecule has 3 rings (SSSR count). The number of nitrogens with one attached hydrogen (secondary N) is 2. The first-order valence-corrected chi connectivity index (χ1v) is 8.36. The SMILES string of the molecule is Cc1cc(=O)c(C(=O)N[C@H](C)c2ccc(OCC3CC3)c(F)c2)c[nH]1. The molecule has 1 saturated carbocycles. The summed E-state index contributed by atoms with van der Waals surface area (Å²) in [5.41, 5.74) is 0.963. The van der Waals surface area contributed by atoms with Crippen molar-refractivity contribution < 1.29 is 13.9 Å². The first-order valence-electron chi connectivity index (χ1n) is 8.36. The van der Waals surface area contributed by atoms with Gasteiger partial charge in [-0.25, -0.2) is 4.39 Å². The standard InChI is InChI=1S/C19H21FN2O3/c1-11-7-17(23)15(9-21-11)19(24)22-12(2)14-5-6-18(16(20)8-14)25-10-13-3-4-13/h5-9,12-13H,3-4,10H2,1-2H3,(H,21,23)(H,22,24)/t12-/m1/s1. The molecule has 1 fully saturated rings. The minimum absolute atomic E-state index is 0.0299. The number of aryl methyl sites for hydroxylation is 1. The smallest absolute Gasteiger partial charge is 0.257 e. The first-order chi connectivity index (χ1) is 11.9. The summed E-state index contributed by atoms with van der Waals surface area (Å²) in [6.45, 7) is 4.01. The highest BCUT2D eigenvalue weighted by molar-refractivity contribution is 5.94. The normalized spacial score (nSPS) is 14.8. The molecule has 1 atom stereocenters. The van der Waals surface area contributed by atoms with Gasteiger partial charge in [-0.05, 0) is 50.3 Å². The Labute approximate surface area is 145 Å². The number of benzene rings is 1. The number of aromatic amines is 1. The molecule has 1 aromatic carbocycles. The first kappa shape index (κ1) is 17.2. The molecule has 1 amide bonds. The third-order valence-electron chi connectivity index (χ3n) is 4.28. The number of ether oxygens (including phenoxy) is 1. The molecule has 6 heteroatoms. The third kappa shape index (κ3) is 4.26. The molecular weight excluding hydrogens is 323 g/mol. The molecule has 1 heterocycles. The van der Waals surface area contributed by atoms with Crippen molar-refractivity contribution in [2.24, 2.45) is 5.92 Å². The zero-order chi connectivity index (χ0) is 18.0. The lowest BCUT2D eigenvalue weighted by molar-refractivity contribution is 0.0938. The molecule has 1 aromatic heterocycles. The van der Waals surface area contributed by atoms with Crippen molar-refractivity contribution in [3.05, 3.63) is 63.3 Å². The molecule has 2 N–H and O–H groups in total. The molecule has 0 unspecified atom stereocenters. The van der Waals surface area contributed by atoms with E-state index in [0.717, 1.165) is 12.8 Å². The minimum Gasteiger partial charge on any atom is -0.490 e. The predicted molar refractivity (Wildman–Crippen MR) is 92.3 cm³/mol. The number of carbonyl (C=O) groups is 1. The van der Waals surface area contributed by atoms with Crippen LogP contribution >= 0.6 is 0 Å². The van der Waals surface area contributed by atoms with Crippen LogP contribution in [0.5, 0.6) is 5.75 Å². The number of aromatic nitrogens is 1. The maximum absolute atomic E-state index is 14.2. The Bertz CT molecular complexity index is 843. The van der Waals surface area contributed by atoms with Crippen LogP contribution in [-0.2, 0) is 0 Å². The average Bonchev–Trinajstić information content (AvgIpc) is 3.37. The van der Waals surface area contributed by atoms with E-state index in [4.69, 9.17) is 4.74 Å². The van der Waals surface area contributed by atoms with Crippen LogP contribution in [0.25, 0.3) is 0 Å². The van der Waals surface area contributed by atoms with Gasteiger partial charge >= 0.3 is 0 Å². The molecule has 0 saturated heterocycles. The van der Waals surface area contributed by atoms with Crippen LogP contribution in [0.4, 0.5) is 4.39 Å². The molecule has 0 radical (unpaired) electrons. The number of amides is 1. The monoisotopic (exact) mass is 344 g/mol. The van der Waals surface area contributed by atoms with Crippen molar-refractivity contribution in [2.45, 2.75) is 32.7 Å². The van der Waals surface area contributed by atoms with E-state index in [-0.39, 0.29) is 16.7 Å². The number of hydrogen-bond acceptors (Lipinski definition) is 3. The molecule has 1 aliphatic carbocycles. The molecule has 1 aliphatic rings. The number of halogens is 1. The Balaban J connectivity index is 1.67. The number of pyridine rings is 1. The van der Waals surface area contributed by atoms with Crippen LogP contribution < -0.4 is 15.5 Å². The number of rotatable bonds is 6. The van der Waals surface area contributed by atoms with E-state index in [1.54, 1.807) is 26.0 Å². The Morgan fingerprint density at radius 2 is 2.16 bits per heavy atom. The summed E-state index contributed by atoms with van der Waals surface area (Å²) in [6, 6.07) is 5.57. The largest absolute Gasteiger partial charge is 0.490 e. The summed E-state index contributed by atoms with van der Waals surface area (Å²) in [7, 11) is 0. The summed E-state index contributed by atoms with van der Waals surface area (Å²) in [4.78, 5) is 27.0. The lowest BCUT2D eigenvalue weighted by Gasteiger charge is -2.15. The molecule has 0 bridgehead atoms. The fourth-order valence-corrected chi connectivity index (χ4v) is 2.50. The quantitative estimate of drug-likeness (QED) is 0.846. The van der Waals surface area contributed by atoms with Gasteiger partial charge in [0.05, 0.1) is 12.6 Å². The van der Waals surface area contributed by atoms with Crippen molar-refractivity contribution >= 4 is 5.91 Å². The van der Waals surface area contributed by atoms with E-state index in [1.807, 2.05) is 0 Å². The maximum atomic E-state index is 14.2. The maximum Gasteiger partial charge on any atom is 0.257 e. The van der Waals surface area contributed by atoms with Crippen molar-refractivity contribution in [1.82, 2.24) is 10.3 Å². The lowest BCUT2D eigenvalue weighted by atomic mass is 10.1. The van der Waals surface area contributed by atoms with E-state index >= 15 is 0 Å². The highest BCUT2D eigenvalue weighted by Gasteiger charge is 2.22. The van der Waals surface area contributed by atoms with E-state index in [9.17, 15) is 14.0 Å². The van der Waals surface area contributed by atoms with Crippen LogP contribution in [0, 0.1) is 18.7 Å². The van der Waals surface area contributed by atoms with Crippen molar-refractivity contribution in [1.29, 1.82) is 0 Å². The predicted octanol–water partition coefficient (Wildman–Crippen LogP) is 3.10. The molecule has 5 nitrogen and oxygen atoms in total. The van der Waals surface area contributed by atoms with Gasteiger partial charge < -0.3 is 15.0 Å². The van der Waals surface area contributed by atoms with Gasteiger partial charge in [0.25, 0.3) is 5.91 Å². The van der Waals surface area contributed by atoms with Gasteiger partial charge in [-0.15, -0.1) is 0 Å². The van der Waals surface area contributed by atoms with Gasteiger partial charge in [-0.1, -0.05) is 6.07 Å². The Hall–Kier alpha value is -2.63. The van der Waals surface area contributed by atoms with E-state index in [1.165, 1.54) is 18.3 Å². The third-order valence-corrected chi connectivity index (χ3v) is 4.28. The van der Waals surface area contributed by atoms with Gasteiger partial charge in [-0.2, -0.15) is 0 Å². The topological polar surface area (TPSA) is 71.2 Å². The Morgan fingerprint density at radius 1 is 1.40 bits per heavy atom. The average molecular weight is 344 g/mol. The van der Waals surface area contributed by atoms with Gasteiger partial charge in [0.2, 0.25) is 0 Å². The number of hydrogen-bond donors (Lipinski definition) is 2. The summed E-state index contributed by atoms with van der Waals surface area (Å²) in [5, 5.41) is 2.71. The summed E-state index contributed by atoms with van der Waals surface area (Å²) < 4.78 is 19.6. The van der Waals surface area contributed by atoms with Gasteiger partial charge in [0, 0.05) is 18.0 Å². The van der Waals surface area contributed by atoms with Crippen LogP contribution in [0.3, 0.4) is 0 Å². The van der Waals surface area contributed by atoms with Gasteiger partial charge in [0.1, 0.15) is 5.56 Å². The molecular formula is C19H21FN2O3. The summed E-state index contributed by atoms with van der Waals surface area (Å²) in [6.07, 6.45) is 3.66. The van der Waals surface area contributed by atoms with Crippen molar-refractivity contribution in [3.63, 3.8) is 0 Å². The highest BCUT2D eigenvalue weighted by atomic mass is 19.1. The molecule has 132 valence electrons. The second-order valence-corrected chi connectivity index (χ2v) is 6.53. The Morgan fingerprint density at radius 3 is 2.80 bits per heavy atom. The van der Waals surface area contributed by atoms with E-state index < -0.39 is 17.8 Å². The van der Waals surface area contributed by atoms with E-state index in [0.29, 0.717) is 23.8 Å². The van der Waals surface area contributed by atoms with Crippen LogP contribution in [0.1, 0.15) is 47.4 Å². The van der Waals surface area contributed by atoms with E-state index in [2.05, 4.69) is 10.3 Å². The van der Waals surface area contributed by atoms with Gasteiger partial charge in [0.15, 0.2) is 17.0 Å². The fraction of sp³-hybridized carbons (Fsp3) is 0.368. The second-order valence-electron chi connectivity index (χ2n) is 6.53. The number of H-pyrrole nitrogens is 1. The van der Waals surface area contributed by atoms with Crippen LogP contribution in [0.2, 0.25) is 0 Å². The zero-order valence-electron chi connectivity index (χ0n) is 14.3. The van der Waals surface area contributed by atoms with Gasteiger partial charge in [-0.3, -0.25) is 9.59 Å². The zero-order valence-corrected chi connectivity index (χ0v) is 14.3. The molecule has 25 heavy (non-hydrogen) atoms. The second kappa shape index (κ2) is 7.09. The molecule has 0 spiro atoms. The fourth-order valence-electron chi connectivity index (χ4n) is 2.50. The summed E-state index contributed by atoms with van der Waals surface area (Å²) >= 11 is 0. The minimum atomic E-state index is -0.497. The van der Waals surface area contributed by atoms with Crippen LogP contribution in [0.15, 0.2) is 35.3 Å². The highest BCUT2D eigenvalue weighted by Crippen LogP contribution is 2.30. The summed E-state index contributed by atoms with van der Waals surface area (Å²) in [5.74, 6) is -0.176. The van der Waals surface area contributed by atoms with Crippen LogP contribution in [-0.4, -0.2) is 17.5 Å². The number of carbonyl (C=O) groups excluding carboxylic acids is 1. The molecule has 0 aliphatic heterocycles. The van der Waals surface area contributed by atoms with Crippen molar-refractivity contribution in [3.8, 4) is 5.75 Å². The lowest BCUT2D eigenvalue weighted by Crippen LogP contribution is -2.31. The Kier molecular flexibility index (Phi) is 4.88. The molecule has 2 aromatic rings.